The number of β-amino-alcohol motifs (C(OH)–C–C–N with tert-alkyl or cyclic N) is 1. The molecular formula is C24H35IN4O3. The number of nitrogens with zero attached hydrogens (tertiary/aromatic N) is 2. The van der Waals surface area contributed by atoms with E-state index in [-0.39, 0.29) is 24.0 Å². The Morgan fingerprint density at radius 2 is 1.81 bits per heavy atom. The Hall–Kier alpha value is -1.88. The van der Waals surface area contributed by atoms with Gasteiger partial charge in [0.15, 0.2) is 5.96 Å². The molecule has 1 atom stereocenters. The Labute approximate surface area is 208 Å². The fourth-order valence-electron chi connectivity index (χ4n) is 3.42. The third-order valence-electron chi connectivity index (χ3n) is 4.95. The van der Waals surface area contributed by atoms with Crippen LogP contribution < -0.4 is 15.4 Å². The van der Waals surface area contributed by atoms with E-state index in [0.29, 0.717) is 25.6 Å². The van der Waals surface area contributed by atoms with Crippen molar-refractivity contribution in [1.82, 2.24) is 15.5 Å². The van der Waals surface area contributed by atoms with Gasteiger partial charge in [0.05, 0.1) is 25.4 Å². The normalized spacial score (nSPS) is 16.5. The third kappa shape index (κ3) is 9.32. The van der Waals surface area contributed by atoms with Crippen LogP contribution in [0.5, 0.6) is 11.5 Å². The largest absolute Gasteiger partial charge is 0.457 e. The predicted molar refractivity (Wildman–Crippen MR) is 139 cm³/mol. The number of hydrogen-bond donors (Lipinski definition) is 3. The summed E-state index contributed by atoms with van der Waals surface area (Å²) in [5, 5.41) is 17.3. The van der Waals surface area contributed by atoms with Crippen LogP contribution in [-0.2, 0) is 11.3 Å². The number of benzene rings is 2. The maximum absolute atomic E-state index is 10.8. The van der Waals surface area contributed by atoms with Crippen LogP contribution in [0.4, 0.5) is 0 Å². The standard InChI is InChI=1S/C24H34N4O3.HI/c1-3-25-23(27-18-24(2,29)19-28-12-14-30-15-13-28)26-17-20-8-7-11-22(16-20)31-21-9-5-4-6-10-21;/h4-11,16,29H,3,12-15,17-19H2,1-2H3,(H2,25,26,27);1H. The number of rotatable bonds is 9. The molecule has 3 N–H and O–H groups in total. The molecule has 0 spiro atoms. The molecule has 2 aromatic carbocycles. The van der Waals surface area contributed by atoms with Crippen LogP contribution >= 0.6 is 24.0 Å². The molecule has 8 heteroatoms. The second-order valence-corrected chi connectivity index (χ2v) is 8.00. The van der Waals surface area contributed by atoms with Crippen molar-refractivity contribution in [2.45, 2.75) is 26.0 Å². The van der Waals surface area contributed by atoms with Crippen molar-refractivity contribution >= 4 is 29.9 Å². The van der Waals surface area contributed by atoms with E-state index in [1.165, 1.54) is 0 Å². The quantitative estimate of drug-likeness (QED) is 0.251. The van der Waals surface area contributed by atoms with E-state index >= 15 is 0 Å². The minimum Gasteiger partial charge on any atom is -0.457 e. The van der Waals surface area contributed by atoms with Gasteiger partial charge in [-0.3, -0.25) is 4.90 Å². The van der Waals surface area contributed by atoms with E-state index in [1.54, 1.807) is 0 Å². The molecule has 1 heterocycles. The first-order chi connectivity index (χ1) is 15.0. The zero-order valence-electron chi connectivity index (χ0n) is 18.9. The van der Waals surface area contributed by atoms with Crippen molar-refractivity contribution in [2.24, 2.45) is 4.99 Å². The van der Waals surface area contributed by atoms with Gasteiger partial charge in [-0.1, -0.05) is 30.3 Å². The average molecular weight is 554 g/mol. The summed E-state index contributed by atoms with van der Waals surface area (Å²) in [5.41, 5.74) is 0.183. The molecule has 1 unspecified atom stereocenters. The zero-order valence-corrected chi connectivity index (χ0v) is 21.2. The highest BCUT2D eigenvalue weighted by atomic mass is 127. The summed E-state index contributed by atoms with van der Waals surface area (Å²) in [6.07, 6.45) is 0. The van der Waals surface area contributed by atoms with Crippen molar-refractivity contribution in [3.8, 4) is 11.5 Å². The predicted octanol–water partition coefficient (Wildman–Crippen LogP) is 3.24. The molecule has 1 aliphatic heterocycles. The molecule has 0 aliphatic carbocycles. The molecule has 0 amide bonds. The SMILES string of the molecule is CCNC(=NCc1cccc(Oc2ccccc2)c1)NCC(C)(O)CN1CCOCC1.I. The summed E-state index contributed by atoms with van der Waals surface area (Å²) >= 11 is 0. The van der Waals surface area contributed by atoms with Crippen molar-refractivity contribution in [1.29, 1.82) is 0 Å². The molecule has 1 aliphatic rings. The van der Waals surface area contributed by atoms with Crippen LogP contribution in [0, 0.1) is 0 Å². The number of guanidine groups is 1. The number of morpholine rings is 1. The Balaban J connectivity index is 0.00000363. The van der Waals surface area contributed by atoms with Crippen LogP contribution in [0.1, 0.15) is 19.4 Å². The van der Waals surface area contributed by atoms with E-state index in [4.69, 9.17) is 9.47 Å². The number of ether oxygens (including phenoxy) is 2. The number of aliphatic hydroxyl groups is 1. The highest BCUT2D eigenvalue weighted by molar-refractivity contribution is 14.0. The molecule has 0 bridgehead atoms. The van der Waals surface area contributed by atoms with Gasteiger partial charge in [-0.2, -0.15) is 0 Å². The Bertz CT molecular complexity index is 827. The molecule has 3 rings (SSSR count). The maximum atomic E-state index is 10.8. The van der Waals surface area contributed by atoms with Gasteiger partial charge in [-0.25, -0.2) is 4.99 Å². The van der Waals surface area contributed by atoms with Gasteiger partial charge in [-0.15, -0.1) is 24.0 Å². The molecule has 1 fully saturated rings. The summed E-state index contributed by atoms with van der Waals surface area (Å²) in [6.45, 7) is 9.29. The van der Waals surface area contributed by atoms with Crippen LogP contribution in [0.3, 0.4) is 0 Å². The van der Waals surface area contributed by atoms with Gasteiger partial charge in [-0.05, 0) is 43.7 Å². The third-order valence-corrected chi connectivity index (χ3v) is 4.95. The summed E-state index contributed by atoms with van der Waals surface area (Å²) in [6, 6.07) is 17.7. The van der Waals surface area contributed by atoms with Crippen LogP contribution in [0.2, 0.25) is 0 Å². The molecule has 1 saturated heterocycles. The highest BCUT2D eigenvalue weighted by Crippen LogP contribution is 2.22. The number of nitrogens with one attached hydrogen (secondary N) is 2. The molecular weight excluding hydrogens is 519 g/mol. The van der Waals surface area contributed by atoms with E-state index < -0.39 is 5.60 Å². The Kier molecular flexibility index (Phi) is 11.2. The Morgan fingerprint density at radius 3 is 2.53 bits per heavy atom. The van der Waals surface area contributed by atoms with E-state index in [0.717, 1.165) is 49.9 Å². The summed E-state index contributed by atoms with van der Waals surface area (Å²) in [4.78, 5) is 6.91. The van der Waals surface area contributed by atoms with Crippen LogP contribution in [-0.4, -0.2) is 67.5 Å². The molecule has 0 aromatic heterocycles. The first-order valence-electron chi connectivity index (χ1n) is 10.9. The number of halogens is 1. The molecule has 7 nitrogen and oxygen atoms in total. The molecule has 2 aromatic rings. The van der Waals surface area contributed by atoms with E-state index in [1.807, 2.05) is 68.4 Å². The lowest BCUT2D eigenvalue weighted by Crippen LogP contribution is -2.52. The molecule has 0 radical (unpaired) electrons. The fraction of sp³-hybridized carbons (Fsp3) is 0.458. The van der Waals surface area contributed by atoms with Crippen LogP contribution in [0.25, 0.3) is 0 Å². The monoisotopic (exact) mass is 554 g/mol. The van der Waals surface area contributed by atoms with Crippen molar-refractivity contribution in [3.05, 3.63) is 60.2 Å². The number of para-hydroxylation sites is 1. The Morgan fingerprint density at radius 1 is 1.09 bits per heavy atom. The second-order valence-electron chi connectivity index (χ2n) is 8.00. The smallest absolute Gasteiger partial charge is 0.191 e. The molecule has 176 valence electrons. The van der Waals surface area contributed by atoms with Crippen molar-refractivity contribution in [3.63, 3.8) is 0 Å². The fourth-order valence-corrected chi connectivity index (χ4v) is 3.42. The number of hydrogen-bond acceptors (Lipinski definition) is 5. The summed E-state index contributed by atoms with van der Waals surface area (Å²) in [7, 11) is 0. The van der Waals surface area contributed by atoms with Gasteiger partial charge in [0.2, 0.25) is 0 Å². The van der Waals surface area contributed by atoms with E-state index in [2.05, 4.69) is 20.5 Å². The summed E-state index contributed by atoms with van der Waals surface area (Å²) < 4.78 is 11.3. The molecule has 32 heavy (non-hydrogen) atoms. The minimum absolute atomic E-state index is 0. The lowest BCUT2D eigenvalue weighted by atomic mass is 10.1. The maximum Gasteiger partial charge on any atom is 0.191 e. The zero-order chi connectivity index (χ0) is 21.9. The first-order valence-corrected chi connectivity index (χ1v) is 10.9. The molecule has 0 saturated carbocycles. The van der Waals surface area contributed by atoms with E-state index in [9.17, 15) is 5.11 Å². The van der Waals surface area contributed by atoms with Gasteiger partial charge in [0, 0.05) is 32.7 Å². The van der Waals surface area contributed by atoms with Crippen molar-refractivity contribution in [2.75, 3.05) is 45.9 Å². The van der Waals surface area contributed by atoms with Crippen LogP contribution in [0.15, 0.2) is 59.6 Å². The van der Waals surface area contributed by atoms with Crippen molar-refractivity contribution < 1.29 is 14.6 Å². The van der Waals surface area contributed by atoms with Gasteiger partial charge in [0.1, 0.15) is 11.5 Å². The van der Waals surface area contributed by atoms with Gasteiger partial charge >= 0.3 is 0 Å². The van der Waals surface area contributed by atoms with Gasteiger partial charge in [0.25, 0.3) is 0 Å². The summed E-state index contributed by atoms with van der Waals surface area (Å²) in [5.74, 6) is 2.27. The lowest BCUT2D eigenvalue weighted by Gasteiger charge is -2.34. The lowest BCUT2D eigenvalue weighted by molar-refractivity contribution is -0.0201. The first kappa shape index (κ1) is 26.4. The minimum atomic E-state index is -0.864. The second kappa shape index (κ2) is 13.6. The topological polar surface area (TPSA) is 78.4 Å². The highest BCUT2D eigenvalue weighted by Gasteiger charge is 2.25. The average Bonchev–Trinajstić information content (AvgIpc) is 2.77. The van der Waals surface area contributed by atoms with Gasteiger partial charge < -0.3 is 25.2 Å². The number of aliphatic imine (C=N–C) groups is 1.